The van der Waals surface area contributed by atoms with Gasteiger partial charge in [0.05, 0.1) is 17.8 Å². The number of carboxylic acid groups (broad SMARTS) is 1. The van der Waals surface area contributed by atoms with Crippen molar-refractivity contribution in [3.05, 3.63) is 48.5 Å². The maximum Gasteiger partial charge on any atom is 0.346 e. The highest BCUT2D eigenvalue weighted by molar-refractivity contribution is 6.07. The Hall–Kier alpha value is -2.96. The molecule has 0 saturated carbocycles. The molecule has 2 heterocycles. The predicted molar refractivity (Wildman–Crippen MR) is 72.2 cm³/mol. The van der Waals surface area contributed by atoms with E-state index in [0.29, 0.717) is 17.0 Å². The molecule has 1 amide bonds. The minimum atomic E-state index is -1.12. The van der Waals surface area contributed by atoms with Gasteiger partial charge in [0.25, 0.3) is 5.91 Å². The third-order valence-electron chi connectivity index (χ3n) is 3.10. The topological polar surface area (TPSA) is 92.6 Å². The van der Waals surface area contributed by atoms with Crippen molar-refractivity contribution in [1.29, 1.82) is 0 Å². The first-order valence-electron chi connectivity index (χ1n) is 6.22. The van der Waals surface area contributed by atoms with Crippen LogP contribution in [0.3, 0.4) is 0 Å². The van der Waals surface area contributed by atoms with E-state index in [1.807, 2.05) is 0 Å². The molecule has 1 aromatic heterocycles. The predicted octanol–water partition coefficient (Wildman–Crippen LogP) is 0.969. The average molecular weight is 285 g/mol. The van der Waals surface area contributed by atoms with E-state index >= 15 is 0 Å². The van der Waals surface area contributed by atoms with Crippen LogP contribution >= 0.6 is 0 Å². The molecule has 0 radical (unpaired) electrons. The number of anilines is 1. The van der Waals surface area contributed by atoms with Crippen molar-refractivity contribution in [2.45, 2.75) is 6.10 Å². The summed E-state index contributed by atoms with van der Waals surface area (Å²) in [5.41, 5.74) is 0.821. The summed E-state index contributed by atoms with van der Waals surface area (Å²) in [5, 5.41) is 9.15. The summed E-state index contributed by atoms with van der Waals surface area (Å²) in [5.74, 6) is -1.12. The second-order valence-corrected chi connectivity index (χ2v) is 4.46. The third kappa shape index (κ3) is 2.40. The Kier molecular flexibility index (Phi) is 3.23. The van der Waals surface area contributed by atoms with Gasteiger partial charge in [0.15, 0.2) is 0 Å². The van der Waals surface area contributed by atoms with Crippen LogP contribution < -0.4 is 9.64 Å². The summed E-state index contributed by atoms with van der Waals surface area (Å²) in [4.78, 5) is 32.7. The van der Waals surface area contributed by atoms with E-state index in [0.717, 1.165) is 0 Å². The molecule has 7 nitrogen and oxygen atoms in total. The van der Waals surface area contributed by atoms with Crippen molar-refractivity contribution in [3.63, 3.8) is 0 Å². The zero-order valence-corrected chi connectivity index (χ0v) is 10.8. The van der Waals surface area contributed by atoms with E-state index in [9.17, 15) is 9.59 Å². The first-order chi connectivity index (χ1) is 10.2. The number of rotatable bonds is 2. The number of aromatic nitrogens is 2. The molecule has 0 spiro atoms. The minimum Gasteiger partial charge on any atom is -0.478 e. The highest BCUT2D eigenvalue weighted by atomic mass is 16.5. The molecule has 2 aromatic rings. The lowest BCUT2D eigenvalue weighted by Gasteiger charge is -2.32. The number of aliphatic carboxylic acids is 1. The van der Waals surface area contributed by atoms with Crippen LogP contribution in [0.25, 0.3) is 0 Å². The lowest BCUT2D eigenvalue weighted by molar-refractivity contribution is -0.144. The van der Waals surface area contributed by atoms with Gasteiger partial charge in [0.2, 0.25) is 6.10 Å². The molecule has 0 saturated heterocycles. The van der Waals surface area contributed by atoms with Gasteiger partial charge in [-0.3, -0.25) is 4.79 Å². The van der Waals surface area contributed by atoms with Crippen LogP contribution in [0.15, 0.2) is 43.0 Å². The van der Waals surface area contributed by atoms with Crippen molar-refractivity contribution >= 4 is 17.6 Å². The Balaban J connectivity index is 2.00. The Morgan fingerprint density at radius 1 is 1.24 bits per heavy atom. The second-order valence-electron chi connectivity index (χ2n) is 4.46. The van der Waals surface area contributed by atoms with Crippen LogP contribution in [-0.4, -0.2) is 39.6 Å². The summed E-state index contributed by atoms with van der Waals surface area (Å²) in [6.45, 7) is -0.0694. The molecule has 1 aromatic carbocycles. The van der Waals surface area contributed by atoms with Gasteiger partial charge in [0, 0.05) is 12.4 Å². The van der Waals surface area contributed by atoms with Gasteiger partial charge in [-0.05, 0) is 12.1 Å². The number of benzene rings is 1. The van der Waals surface area contributed by atoms with Crippen LogP contribution in [0.4, 0.5) is 5.69 Å². The molecule has 106 valence electrons. The van der Waals surface area contributed by atoms with E-state index in [1.54, 1.807) is 24.3 Å². The molecular formula is C14H11N3O4. The third-order valence-corrected chi connectivity index (χ3v) is 3.10. The van der Waals surface area contributed by atoms with E-state index in [2.05, 4.69) is 9.97 Å². The van der Waals surface area contributed by atoms with Gasteiger partial charge in [-0.25, -0.2) is 14.8 Å². The number of para-hydroxylation sites is 2. The molecule has 7 heteroatoms. The maximum atomic E-state index is 12.5. The molecule has 1 N–H and O–H groups in total. The SMILES string of the molecule is O=C(O)C1CN(C(=O)c2cncnc2)c2ccccc2O1. The quantitative estimate of drug-likeness (QED) is 0.883. The smallest absolute Gasteiger partial charge is 0.346 e. The molecular weight excluding hydrogens is 274 g/mol. The number of carbonyl (C=O) groups is 2. The second kappa shape index (κ2) is 5.20. The van der Waals surface area contributed by atoms with Crippen molar-refractivity contribution in [2.24, 2.45) is 0 Å². The van der Waals surface area contributed by atoms with Crippen LogP contribution in [-0.2, 0) is 4.79 Å². The van der Waals surface area contributed by atoms with Crippen molar-refractivity contribution in [2.75, 3.05) is 11.4 Å². The molecule has 21 heavy (non-hydrogen) atoms. The molecule has 1 unspecified atom stereocenters. The van der Waals surface area contributed by atoms with Gasteiger partial charge in [-0.2, -0.15) is 0 Å². The fourth-order valence-corrected chi connectivity index (χ4v) is 2.12. The van der Waals surface area contributed by atoms with E-state index in [-0.39, 0.29) is 12.5 Å². The Morgan fingerprint density at radius 3 is 2.67 bits per heavy atom. The number of hydrogen-bond acceptors (Lipinski definition) is 5. The number of nitrogens with zero attached hydrogens (tertiary/aromatic N) is 3. The normalized spacial score (nSPS) is 16.8. The highest BCUT2D eigenvalue weighted by Gasteiger charge is 2.34. The first-order valence-corrected chi connectivity index (χ1v) is 6.22. The van der Waals surface area contributed by atoms with Crippen LogP contribution in [0.1, 0.15) is 10.4 Å². The molecule has 0 bridgehead atoms. The highest BCUT2D eigenvalue weighted by Crippen LogP contribution is 2.33. The Morgan fingerprint density at radius 2 is 1.95 bits per heavy atom. The van der Waals surface area contributed by atoms with Gasteiger partial charge in [0.1, 0.15) is 12.1 Å². The molecule has 0 aliphatic carbocycles. The summed E-state index contributed by atoms with van der Waals surface area (Å²) in [7, 11) is 0. The first kappa shape index (κ1) is 13.0. The number of carboxylic acids is 1. The van der Waals surface area contributed by atoms with E-state index in [1.165, 1.54) is 23.6 Å². The van der Waals surface area contributed by atoms with E-state index < -0.39 is 12.1 Å². The van der Waals surface area contributed by atoms with Crippen molar-refractivity contribution in [1.82, 2.24) is 9.97 Å². The van der Waals surface area contributed by atoms with Gasteiger partial charge in [-0.1, -0.05) is 12.1 Å². The summed E-state index contributed by atoms with van der Waals surface area (Å²) in [6, 6.07) is 6.81. The fraction of sp³-hybridized carbons (Fsp3) is 0.143. The average Bonchev–Trinajstić information content (AvgIpc) is 2.54. The maximum absolute atomic E-state index is 12.5. The van der Waals surface area contributed by atoms with Crippen LogP contribution in [0.5, 0.6) is 5.75 Å². The summed E-state index contributed by atoms with van der Waals surface area (Å²) >= 11 is 0. The molecule has 1 aliphatic rings. The number of amides is 1. The fourth-order valence-electron chi connectivity index (χ4n) is 2.12. The van der Waals surface area contributed by atoms with Crippen molar-refractivity contribution in [3.8, 4) is 5.75 Å². The van der Waals surface area contributed by atoms with Crippen molar-refractivity contribution < 1.29 is 19.4 Å². The summed E-state index contributed by atoms with van der Waals surface area (Å²) < 4.78 is 5.38. The molecule has 1 atom stereocenters. The van der Waals surface area contributed by atoms with Gasteiger partial charge < -0.3 is 14.7 Å². The number of ether oxygens (including phenoxy) is 1. The zero-order valence-electron chi connectivity index (χ0n) is 10.8. The summed E-state index contributed by atoms with van der Waals surface area (Å²) in [6.07, 6.45) is 3.00. The molecule has 3 rings (SSSR count). The van der Waals surface area contributed by atoms with Gasteiger partial charge in [-0.15, -0.1) is 0 Å². The lowest BCUT2D eigenvalue weighted by atomic mass is 10.1. The van der Waals surface area contributed by atoms with Crippen LogP contribution in [0.2, 0.25) is 0 Å². The number of hydrogen-bond donors (Lipinski definition) is 1. The molecule has 1 aliphatic heterocycles. The Bertz CT molecular complexity index is 690. The minimum absolute atomic E-state index is 0.0694. The van der Waals surface area contributed by atoms with Crippen LogP contribution in [0, 0.1) is 0 Å². The lowest BCUT2D eigenvalue weighted by Crippen LogP contribution is -2.47. The van der Waals surface area contributed by atoms with E-state index in [4.69, 9.17) is 9.84 Å². The number of fused-ring (bicyclic) bond motifs is 1. The largest absolute Gasteiger partial charge is 0.478 e. The monoisotopic (exact) mass is 285 g/mol. The standard InChI is InChI=1S/C14H11N3O4/c18-13(9-5-15-8-16-6-9)17-7-12(14(19)20)21-11-4-2-1-3-10(11)17/h1-6,8,12H,7H2,(H,19,20). The zero-order chi connectivity index (χ0) is 14.8. The Labute approximate surface area is 119 Å². The molecule has 0 fully saturated rings. The number of carbonyl (C=O) groups excluding carboxylic acids is 1. The van der Waals surface area contributed by atoms with Gasteiger partial charge >= 0.3 is 5.97 Å².